The van der Waals surface area contributed by atoms with E-state index in [9.17, 15) is 9.59 Å². The van der Waals surface area contributed by atoms with Crippen molar-refractivity contribution in [1.82, 2.24) is 0 Å². The van der Waals surface area contributed by atoms with Crippen molar-refractivity contribution in [3.63, 3.8) is 0 Å². The Morgan fingerprint density at radius 2 is 1.78 bits per heavy atom. The molecule has 2 nitrogen and oxygen atoms in total. The molecule has 0 radical (unpaired) electrons. The fraction of sp³-hybridized carbons (Fsp3) is 0.867. The van der Waals surface area contributed by atoms with Crippen molar-refractivity contribution in [2.24, 2.45) is 40.9 Å². The van der Waals surface area contributed by atoms with E-state index in [2.05, 4.69) is 15.9 Å². The molecule has 0 N–H and O–H groups in total. The quantitative estimate of drug-likeness (QED) is 0.645. The highest BCUT2D eigenvalue weighted by atomic mass is 79.9. The summed E-state index contributed by atoms with van der Waals surface area (Å²) in [5.41, 5.74) is 0.398. The summed E-state index contributed by atoms with van der Waals surface area (Å²) in [6, 6.07) is 0. The third-order valence-electron chi connectivity index (χ3n) is 7.14. The highest BCUT2D eigenvalue weighted by molar-refractivity contribution is 9.10. The Balaban J connectivity index is 1.76. The number of fused-ring (bicyclic) bond motifs is 2. The molecule has 3 heteroatoms. The van der Waals surface area contributed by atoms with Gasteiger partial charge in [-0.2, -0.15) is 0 Å². The first-order chi connectivity index (χ1) is 8.67. The van der Waals surface area contributed by atoms with Gasteiger partial charge < -0.3 is 0 Å². The van der Waals surface area contributed by atoms with Gasteiger partial charge in [-0.25, -0.2) is 0 Å². The van der Waals surface area contributed by atoms with Gasteiger partial charge in [0.15, 0.2) is 5.78 Å². The lowest BCUT2D eigenvalue weighted by atomic mass is 9.74. The van der Waals surface area contributed by atoms with Crippen LogP contribution in [0.5, 0.6) is 0 Å². The van der Waals surface area contributed by atoms with Gasteiger partial charge in [-0.1, -0.05) is 28.8 Å². The van der Waals surface area contributed by atoms with E-state index in [0.717, 1.165) is 6.42 Å². The summed E-state index contributed by atoms with van der Waals surface area (Å²) in [5.74, 6) is 3.21. The molecular formula is C15H17BrO2. The van der Waals surface area contributed by atoms with Crippen LogP contribution in [0.4, 0.5) is 0 Å². The van der Waals surface area contributed by atoms with Gasteiger partial charge in [0.05, 0.1) is 4.83 Å². The fourth-order valence-electron chi connectivity index (χ4n) is 7.06. The molecule has 5 aliphatic carbocycles. The Morgan fingerprint density at radius 3 is 2.50 bits per heavy atom. The van der Waals surface area contributed by atoms with Crippen LogP contribution in [-0.4, -0.2) is 16.4 Å². The molecule has 5 saturated carbocycles. The molecule has 0 aromatic rings. The third-order valence-corrected chi connectivity index (χ3v) is 8.20. The second kappa shape index (κ2) is 2.94. The lowest BCUT2D eigenvalue weighted by Crippen LogP contribution is -2.26. The molecule has 0 aliphatic heterocycles. The van der Waals surface area contributed by atoms with Crippen molar-refractivity contribution >= 4 is 27.5 Å². The second-order valence-corrected chi connectivity index (χ2v) is 8.25. The first kappa shape index (κ1) is 10.6. The maximum absolute atomic E-state index is 12.5. The largest absolute Gasteiger partial charge is 0.299 e. The molecule has 2 bridgehead atoms. The smallest absolute Gasteiger partial charge is 0.150 e. The summed E-state index contributed by atoms with van der Waals surface area (Å²) in [6.07, 6.45) is 6.01. The lowest BCUT2D eigenvalue weighted by molar-refractivity contribution is -0.129. The molecule has 0 aromatic carbocycles. The predicted molar refractivity (Wildman–Crippen MR) is 69.2 cm³/mol. The average Bonchev–Trinajstić information content (AvgIpc) is 3.07. The van der Waals surface area contributed by atoms with E-state index in [1.807, 2.05) is 0 Å². The summed E-state index contributed by atoms with van der Waals surface area (Å²) in [7, 11) is 0. The van der Waals surface area contributed by atoms with Gasteiger partial charge in [0.2, 0.25) is 0 Å². The van der Waals surface area contributed by atoms with Gasteiger partial charge in [0.25, 0.3) is 0 Å². The molecule has 0 aromatic heterocycles. The Labute approximate surface area is 115 Å². The molecule has 5 aliphatic rings. The van der Waals surface area contributed by atoms with E-state index < -0.39 is 0 Å². The molecule has 5 fully saturated rings. The zero-order valence-corrected chi connectivity index (χ0v) is 11.9. The normalized spacial score (nSPS) is 58.4. The number of carbonyl (C=O) groups excluding carboxylic acids is 2. The summed E-state index contributed by atoms with van der Waals surface area (Å²) in [6.45, 7) is 0. The van der Waals surface area contributed by atoms with Crippen LogP contribution in [-0.2, 0) is 9.59 Å². The van der Waals surface area contributed by atoms with Crippen LogP contribution in [0.2, 0.25) is 0 Å². The van der Waals surface area contributed by atoms with Gasteiger partial charge in [0, 0.05) is 18.3 Å². The first-order valence-electron chi connectivity index (χ1n) is 7.37. The predicted octanol–water partition coefficient (Wildman–Crippen LogP) is 2.59. The number of carbonyl (C=O) groups is 2. The fourth-order valence-corrected chi connectivity index (χ4v) is 8.09. The molecular weight excluding hydrogens is 292 g/mol. The molecule has 18 heavy (non-hydrogen) atoms. The minimum Gasteiger partial charge on any atom is -0.299 e. The van der Waals surface area contributed by atoms with Crippen LogP contribution in [0, 0.1) is 40.9 Å². The highest BCUT2D eigenvalue weighted by Gasteiger charge is 2.80. The van der Waals surface area contributed by atoms with Crippen molar-refractivity contribution in [3.05, 3.63) is 0 Å². The number of Topliss-reactive ketones (excluding diaryl/α,β-unsaturated/α-hetero) is 2. The molecule has 7 unspecified atom stereocenters. The van der Waals surface area contributed by atoms with Crippen LogP contribution in [0.15, 0.2) is 0 Å². The summed E-state index contributed by atoms with van der Waals surface area (Å²) >= 11 is 3.67. The Kier molecular flexibility index (Phi) is 1.73. The SMILES string of the molecule is O=C1CC2C3C(Br)C(=O)C4C1C2C1(CCCC1)C43. The van der Waals surface area contributed by atoms with E-state index in [0.29, 0.717) is 40.7 Å². The van der Waals surface area contributed by atoms with Gasteiger partial charge in [-0.3, -0.25) is 9.59 Å². The lowest BCUT2D eigenvalue weighted by Gasteiger charge is -2.30. The van der Waals surface area contributed by atoms with E-state index >= 15 is 0 Å². The van der Waals surface area contributed by atoms with E-state index in [1.165, 1.54) is 25.7 Å². The van der Waals surface area contributed by atoms with Crippen molar-refractivity contribution in [2.45, 2.75) is 36.9 Å². The Hall–Kier alpha value is -0.180. The van der Waals surface area contributed by atoms with Gasteiger partial charge in [0.1, 0.15) is 5.78 Å². The molecule has 0 amide bonds. The number of hydrogen-bond acceptors (Lipinski definition) is 2. The topological polar surface area (TPSA) is 34.1 Å². The van der Waals surface area contributed by atoms with Crippen molar-refractivity contribution in [3.8, 4) is 0 Å². The number of hydrogen-bond donors (Lipinski definition) is 0. The average molecular weight is 309 g/mol. The van der Waals surface area contributed by atoms with Gasteiger partial charge in [-0.15, -0.1) is 0 Å². The zero-order valence-electron chi connectivity index (χ0n) is 10.3. The van der Waals surface area contributed by atoms with Crippen molar-refractivity contribution in [1.29, 1.82) is 0 Å². The van der Waals surface area contributed by atoms with Crippen LogP contribution in [0.1, 0.15) is 32.1 Å². The molecule has 7 atom stereocenters. The van der Waals surface area contributed by atoms with E-state index in [-0.39, 0.29) is 16.7 Å². The number of alkyl halides is 1. The monoisotopic (exact) mass is 308 g/mol. The second-order valence-electron chi connectivity index (χ2n) is 7.26. The summed E-state index contributed by atoms with van der Waals surface area (Å²) in [4.78, 5) is 24.9. The van der Waals surface area contributed by atoms with Crippen LogP contribution < -0.4 is 0 Å². The standard InChI is InChI=1S/C15H17BrO2/c16-13-8-6-5-7(17)9-10(14(13)18)12(8)15(11(6)9)3-1-2-4-15/h6,8-13H,1-5H2. The molecule has 96 valence electrons. The van der Waals surface area contributed by atoms with Gasteiger partial charge in [-0.05, 0) is 41.9 Å². The zero-order chi connectivity index (χ0) is 12.2. The van der Waals surface area contributed by atoms with Gasteiger partial charge >= 0.3 is 0 Å². The highest BCUT2D eigenvalue weighted by Crippen LogP contribution is 2.79. The molecule has 1 spiro atoms. The maximum atomic E-state index is 12.5. The van der Waals surface area contributed by atoms with Crippen LogP contribution >= 0.6 is 15.9 Å². The minimum absolute atomic E-state index is 0.0677. The molecule has 0 saturated heterocycles. The number of rotatable bonds is 0. The Bertz CT molecular complexity index is 479. The third kappa shape index (κ3) is 0.827. The van der Waals surface area contributed by atoms with E-state index in [1.54, 1.807) is 0 Å². The Morgan fingerprint density at radius 1 is 1.06 bits per heavy atom. The molecule has 0 heterocycles. The number of ketones is 2. The van der Waals surface area contributed by atoms with Crippen LogP contribution in [0.25, 0.3) is 0 Å². The van der Waals surface area contributed by atoms with Crippen molar-refractivity contribution < 1.29 is 9.59 Å². The minimum atomic E-state index is 0.0677. The molecule has 5 rings (SSSR count). The summed E-state index contributed by atoms with van der Waals surface area (Å²) < 4.78 is 0. The first-order valence-corrected chi connectivity index (χ1v) is 8.29. The van der Waals surface area contributed by atoms with E-state index in [4.69, 9.17) is 0 Å². The van der Waals surface area contributed by atoms with Crippen molar-refractivity contribution in [2.75, 3.05) is 0 Å². The van der Waals surface area contributed by atoms with Crippen LogP contribution in [0.3, 0.4) is 0 Å². The number of halogens is 1. The summed E-state index contributed by atoms with van der Waals surface area (Å²) in [5, 5.41) is 0. The maximum Gasteiger partial charge on any atom is 0.150 e.